The number of phenolic OH excluding ortho intramolecular Hbond substituents is 1. The molecule has 6 nitrogen and oxygen atoms in total. The molecule has 6 heteroatoms. The lowest BCUT2D eigenvalue weighted by atomic mass is 10.1. The van der Waals surface area contributed by atoms with Crippen LogP contribution in [0.4, 0.5) is 5.82 Å². The number of aromatic hydroxyl groups is 1. The van der Waals surface area contributed by atoms with Gasteiger partial charge in [0.1, 0.15) is 11.6 Å². The molecule has 124 valence electrons. The molecule has 0 aliphatic carbocycles. The second kappa shape index (κ2) is 6.70. The quantitative estimate of drug-likeness (QED) is 0.734. The largest absolute Gasteiger partial charge is 0.508 e. The first kappa shape index (κ1) is 16.0. The van der Waals surface area contributed by atoms with Gasteiger partial charge in [-0.05, 0) is 36.8 Å². The predicted octanol–water partition coefficient (Wildman–Crippen LogP) is 4.13. The normalized spacial score (nSPS) is 12.3. The van der Waals surface area contributed by atoms with Crippen molar-refractivity contribution < 1.29 is 9.63 Å². The highest BCUT2D eigenvalue weighted by Gasteiger charge is 2.13. The Morgan fingerprint density at radius 3 is 2.67 bits per heavy atom. The van der Waals surface area contributed by atoms with E-state index in [9.17, 15) is 5.11 Å². The first-order valence-electron chi connectivity index (χ1n) is 7.88. The van der Waals surface area contributed by atoms with Crippen LogP contribution >= 0.6 is 0 Å². The highest BCUT2D eigenvalue weighted by atomic mass is 16.5. The molecule has 1 unspecified atom stereocenters. The fourth-order valence-corrected chi connectivity index (χ4v) is 2.33. The second-order valence-corrected chi connectivity index (χ2v) is 6.00. The zero-order chi connectivity index (χ0) is 17.1. The third-order valence-electron chi connectivity index (χ3n) is 3.70. The van der Waals surface area contributed by atoms with Gasteiger partial charge in [-0.3, -0.25) is 0 Å². The van der Waals surface area contributed by atoms with Gasteiger partial charge in [-0.15, -0.1) is 0 Å². The van der Waals surface area contributed by atoms with E-state index in [1.807, 2.05) is 45.0 Å². The zero-order valence-electron chi connectivity index (χ0n) is 13.9. The Balaban J connectivity index is 1.80. The molecular weight excluding hydrogens is 304 g/mol. The monoisotopic (exact) mass is 324 g/mol. The predicted molar refractivity (Wildman–Crippen MR) is 91.8 cm³/mol. The van der Waals surface area contributed by atoms with Crippen LogP contribution in [0.5, 0.6) is 5.75 Å². The van der Waals surface area contributed by atoms with Crippen molar-refractivity contribution in [2.75, 3.05) is 5.32 Å². The smallest absolute Gasteiger partial charge is 0.258 e. The molecule has 1 aromatic carbocycles. The molecule has 2 N–H and O–H groups in total. The number of hydrogen-bond donors (Lipinski definition) is 2. The van der Waals surface area contributed by atoms with Crippen LogP contribution in [0.15, 0.2) is 47.1 Å². The molecule has 2 heterocycles. The van der Waals surface area contributed by atoms with Gasteiger partial charge in [-0.2, -0.15) is 4.98 Å². The maximum Gasteiger partial charge on any atom is 0.258 e. The lowest BCUT2D eigenvalue weighted by molar-refractivity contribution is 0.419. The average Bonchev–Trinajstić information content (AvgIpc) is 3.05. The first-order valence-corrected chi connectivity index (χ1v) is 7.88. The van der Waals surface area contributed by atoms with E-state index in [0.717, 1.165) is 11.1 Å². The lowest BCUT2D eigenvalue weighted by Crippen LogP contribution is -2.07. The standard InChI is InChI=1S/C18H20N4O2/c1-11(2)17-21-18(24-22-17)14-7-8-19-16(10-14)20-12(3)13-5-4-6-15(23)9-13/h4-12,23H,1-3H3,(H,19,20). The minimum atomic E-state index is -0.00578. The van der Waals surface area contributed by atoms with Crippen molar-refractivity contribution in [2.24, 2.45) is 0 Å². The van der Waals surface area contributed by atoms with Crippen LogP contribution in [0.2, 0.25) is 0 Å². The maximum atomic E-state index is 9.60. The van der Waals surface area contributed by atoms with Gasteiger partial charge in [0.05, 0.1) is 6.04 Å². The van der Waals surface area contributed by atoms with E-state index in [0.29, 0.717) is 17.5 Å². The second-order valence-electron chi connectivity index (χ2n) is 6.00. The molecule has 3 aromatic rings. The van der Waals surface area contributed by atoms with Gasteiger partial charge in [0.2, 0.25) is 0 Å². The number of nitrogens with one attached hydrogen (secondary N) is 1. The SMILES string of the molecule is CC(C)c1noc(-c2ccnc(NC(C)c3cccc(O)c3)c2)n1. The third kappa shape index (κ3) is 3.53. The topological polar surface area (TPSA) is 84.1 Å². The van der Waals surface area contributed by atoms with Crippen LogP contribution in [-0.2, 0) is 0 Å². The minimum Gasteiger partial charge on any atom is -0.508 e. The van der Waals surface area contributed by atoms with Gasteiger partial charge in [0.25, 0.3) is 5.89 Å². The highest BCUT2D eigenvalue weighted by molar-refractivity contribution is 5.58. The molecule has 0 aliphatic heterocycles. The van der Waals surface area contributed by atoms with Gasteiger partial charge in [-0.25, -0.2) is 4.98 Å². The molecule has 1 atom stereocenters. The summed E-state index contributed by atoms with van der Waals surface area (Å²) in [5, 5.41) is 16.9. The Hall–Kier alpha value is -2.89. The van der Waals surface area contributed by atoms with Crippen molar-refractivity contribution in [1.29, 1.82) is 0 Å². The Morgan fingerprint density at radius 2 is 1.96 bits per heavy atom. The summed E-state index contributed by atoms with van der Waals surface area (Å²) in [6.07, 6.45) is 1.70. The number of phenols is 1. The maximum absolute atomic E-state index is 9.60. The summed E-state index contributed by atoms with van der Waals surface area (Å²) >= 11 is 0. The molecule has 3 rings (SSSR count). The van der Waals surface area contributed by atoms with Crippen molar-refractivity contribution in [2.45, 2.75) is 32.7 Å². The molecule has 0 fully saturated rings. The molecule has 0 amide bonds. The third-order valence-corrected chi connectivity index (χ3v) is 3.70. The van der Waals surface area contributed by atoms with Crippen LogP contribution in [-0.4, -0.2) is 20.2 Å². The Labute approximate surface area is 140 Å². The van der Waals surface area contributed by atoms with Crippen LogP contribution < -0.4 is 5.32 Å². The summed E-state index contributed by atoms with van der Waals surface area (Å²) in [5.41, 5.74) is 1.79. The van der Waals surface area contributed by atoms with E-state index in [4.69, 9.17) is 4.52 Å². The molecule has 0 bridgehead atoms. The summed E-state index contributed by atoms with van der Waals surface area (Å²) in [6, 6.07) is 10.9. The summed E-state index contributed by atoms with van der Waals surface area (Å²) < 4.78 is 5.32. The number of nitrogens with zero attached hydrogens (tertiary/aromatic N) is 3. The summed E-state index contributed by atoms with van der Waals surface area (Å²) in [4.78, 5) is 8.73. The van der Waals surface area contributed by atoms with Crippen molar-refractivity contribution in [3.63, 3.8) is 0 Å². The van der Waals surface area contributed by atoms with E-state index in [-0.39, 0.29) is 17.7 Å². The summed E-state index contributed by atoms with van der Waals surface area (Å²) in [5.74, 6) is 2.33. The number of pyridine rings is 1. The highest BCUT2D eigenvalue weighted by Crippen LogP contribution is 2.25. The molecule has 0 radical (unpaired) electrons. The van der Waals surface area contributed by atoms with Crippen LogP contribution in [0, 0.1) is 0 Å². The zero-order valence-corrected chi connectivity index (χ0v) is 13.9. The van der Waals surface area contributed by atoms with Gasteiger partial charge >= 0.3 is 0 Å². The Morgan fingerprint density at radius 1 is 1.12 bits per heavy atom. The van der Waals surface area contributed by atoms with Gasteiger partial charge in [0, 0.05) is 17.7 Å². The van der Waals surface area contributed by atoms with E-state index < -0.39 is 0 Å². The number of aromatic nitrogens is 3. The number of hydrogen-bond acceptors (Lipinski definition) is 6. The molecule has 0 aliphatic rings. The van der Waals surface area contributed by atoms with Crippen molar-refractivity contribution in [1.82, 2.24) is 15.1 Å². The minimum absolute atomic E-state index is 0.00578. The van der Waals surface area contributed by atoms with Crippen molar-refractivity contribution in [3.05, 3.63) is 54.0 Å². The summed E-state index contributed by atoms with van der Waals surface area (Å²) in [6.45, 7) is 6.04. The van der Waals surface area contributed by atoms with Crippen molar-refractivity contribution >= 4 is 5.82 Å². The molecular formula is C18H20N4O2. The number of anilines is 1. The molecule has 0 saturated heterocycles. The molecule has 2 aromatic heterocycles. The van der Waals surface area contributed by atoms with E-state index in [2.05, 4.69) is 20.4 Å². The van der Waals surface area contributed by atoms with Crippen molar-refractivity contribution in [3.8, 4) is 17.2 Å². The first-order chi connectivity index (χ1) is 11.5. The fourth-order valence-electron chi connectivity index (χ4n) is 2.33. The van der Waals surface area contributed by atoms with Crippen LogP contribution in [0.1, 0.15) is 44.1 Å². The molecule has 0 spiro atoms. The van der Waals surface area contributed by atoms with E-state index in [1.54, 1.807) is 18.3 Å². The summed E-state index contributed by atoms with van der Waals surface area (Å²) in [7, 11) is 0. The van der Waals surface area contributed by atoms with E-state index in [1.165, 1.54) is 0 Å². The number of rotatable bonds is 5. The van der Waals surface area contributed by atoms with Gasteiger partial charge < -0.3 is 14.9 Å². The average molecular weight is 324 g/mol. The van der Waals surface area contributed by atoms with Crippen LogP contribution in [0.25, 0.3) is 11.5 Å². The molecule has 24 heavy (non-hydrogen) atoms. The lowest BCUT2D eigenvalue weighted by Gasteiger charge is -2.15. The Kier molecular flexibility index (Phi) is 4.46. The Bertz CT molecular complexity index is 829. The molecule has 0 saturated carbocycles. The van der Waals surface area contributed by atoms with E-state index >= 15 is 0 Å². The number of benzene rings is 1. The van der Waals surface area contributed by atoms with Gasteiger partial charge in [0.15, 0.2) is 5.82 Å². The fraction of sp³-hybridized carbons (Fsp3) is 0.278. The van der Waals surface area contributed by atoms with Crippen LogP contribution in [0.3, 0.4) is 0 Å². The van der Waals surface area contributed by atoms with Gasteiger partial charge in [-0.1, -0.05) is 31.1 Å².